The molecule has 1 fully saturated rings. The standard InChI is InChI=1S/C18H17ClN4O3S2/c19-14-5-3-4-13(10-14)18-21-16(26-22-18)12-27-17-7-6-15(11-20-17)28(24,25)23-8-1-2-9-23/h3-7,10-11H,1-2,8-9,12H2. The van der Waals surface area contributed by atoms with Gasteiger partial charge < -0.3 is 4.52 Å². The van der Waals surface area contributed by atoms with Gasteiger partial charge in [0.15, 0.2) is 0 Å². The van der Waals surface area contributed by atoms with Gasteiger partial charge in [0.2, 0.25) is 21.7 Å². The van der Waals surface area contributed by atoms with Crippen molar-refractivity contribution in [3.8, 4) is 11.4 Å². The molecule has 0 amide bonds. The molecule has 3 heterocycles. The Morgan fingerprint density at radius 1 is 1.18 bits per heavy atom. The number of aromatic nitrogens is 3. The minimum Gasteiger partial charge on any atom is -0.338 e. The molecule has 0 unspecified atom stereocenters. The first-order valence-electron chi connectivity index (χ1n) is 8.70. The molecule has 0 spiro atoms. The van der Waals surface area contributed by atoms with Gasteiger partial charge >= 0.3 is 0 Å². The van der Waals surface area contributed by atoms with E-state index in [4.69, 9.17) is 16.1 Å². The number of nitrogens with zero attached hydrogens (tertiary/aromatic N) is 4. The van der Waals surface area contributed by atoms with E-state index in [0.29, 0.717) is 40.6 Å². The fourth-order valence-electron chi connectivity index (χ4n) is 2.88. The van der Waals surface area contributed by atoms with Crippen LogP contribution in [0.25, 0.3) is 11.4 Å². The van der Waals surface area contributed by atoms with Gasteiger partial charge in [-0.15, -0.1) is 0 Å². The first-order valence-corrected chi connectivity index (χ1v) is 11.5. The average Bonchev–Trinajstić information content (AvgIpc) is 3.39. The second-order valence-corrected chi connectivity index (χ2v) is 9.62. The zero-order valence-electron chi connectivity index (χ0n) is 14.8. The lowest BCUT2D eigenvalue weighted by molar-refractivity contribution is 0.391. The molecule has 0 saturated carbocycles. The maximum Gasteiger partial charge on any atom is 0.244 e. The van der Waals surface area contributed by atoms with Crippen molar-refractivity contribution in [3.05, 3.63) is 53.5 Å². The second kappa shape index (κ2) is 8.20. The van der Waals surface area contributed by atoms with Gasteiger partial charge in [-0.1, -0.05) is 40.7 Å². The first kappa shape index (κ1) is 19.4. The van der Waals surface area contributed by atoms with Gasteiger partial charge in [0.1, 0.15) is 4.90 Å². The molecule has 0 atom stereocenters. The molecule has 28 heavy (non-hydrogen) atoms. The molecule has 0 radical (unpaired) electrons. The van der Waals surface area contributed by atoms with Gasteiger partial charge in [-0.05, 0) is 37.1 Å². The molecule has 2 aromatic heterocycles. The molecule has 7 nitrogen and oxygen atoms in total. The van der Waals surface area contributed by atoms with Gasteiger partial charge in [0, 0.05) is 29.9 Å². The second-order valence-electron chi connectivity index (χ2n) is 6.25. The summed E-state index contributed by atoms with van der Waals surface area (Å²) in [5.74, 6) is 1.35. The molecule has 10 heteroatoms. The van der Waals surface area contributed by atoms with Crippen LogP contribution in [0, 0.1) is 0 Å². The predicted molar refractivity (Wildman–Crippen MR) is 107 cm³/mol. The summed E-state index contributed by atoms with van der Waals surface area (Å²) in [5.41, 5.74) is 0.780. The summed E-state index contributed by atoms with van der Waals surface area (Å²) in [4.78, 5) is 8.84. The van der Waals surface area contributed by atoms with E-state index in [1.807, 2.05) is 12.1 Å². The third kappa shape index (κ3) is 4.22. The van der Waals surface area contributed by atoms with E-state index >= 15 is 0 Å². The fraction of sp³-hybridized carbons (Fsp3) is 0.278. The zero-order chi connectivity index (χ0) is 19.6. The van der Waals surface area contributed by atoms with E-state index < -0.39 is 10.0 Å². The monoisotopic (exact) mass is 436 g/mol. The SMILES string of the molecule is O=S(=O)(c1ccc(SCc2nc(-c3cccc(Cl)c3)no2)nc1)N1CCCC1. The van der Waals surface area contributed by atoms with Crippen molar-refractivity contribution < 1.29 is 12.9 Å². The summed E-state index contributed by atoms with van der Waals surface area (Å²) in [6.07, 6.45) is 3.21. The van der Waals surface area contributed by atoms with Crippen LogP contribution in [0.2, 0.25) is 5.02 Å². The zero-order valence-corrected chi connectivity index (χ0v) is 17.2. The molecule has 0 bridgehead atoms. The molecule has 1 aliphatic rings. The van der Waals surface area contributed by atoms with Crippen molar-refractivity contribution in [1.29, 1.82) is 0 Å². The lowest BCUT2D eigenvalue weighted by atomic mass is 10.2. The number of thioether (sulfide) groups is 1. The normalized spacial score (nSPS) is 15.2. The Hall–Kier alpha value is -1.94. The van der Waals surface area contributed by atoms with Crippen molar-refractivity contribution in [3.63, 3.8) is 0 Å². The van der Waals surface area contributed by atoms with Crippen LogP contribution in [0.5, 0.6) is 0 Å². The van der Waals surface area contributed by atoms with E-state index in [1.165, 1.54) is 22.3 Å². The quantitative estimate of drug-likeness (QED) is 0.542. The summed E-state index contributed by atoms with van der Waals surface area (Å²) in [5, 5.41) is 5.25. The predicted octanol–water partition coefficient (Wildman–Crippen LogP) is 3.86. The van der Waals surface area contributed by atoms with Crippen LogP contribution in [-0.2, 0) is 15.8 Å². The summed E-state index contributed by atoms with van der Waals surface area (Å²) in [6.45, 7) is 1.15. The minimum absolute atomic E-state index is 0.222. The Morgan fingerprint density at radius 3 is 2.71 bits per heavy atom. The van der Waals surface area contributed by atoms with Gasteiger partial charge in [0.25, 0.3) is 0 Å². The Morgan fingerprint density at radius 2 is 2.00 bits per heavy atom. The molecule has 1 saturated heterocycles. The van der Waals surface area contributed by atoms with Crippen LogP contribution in [-0.4, -0.2) is 40.9 Å². The molecule has 1 aromatic carbocycles. The highest BCUT2D eigenvalue weighted by Crippen LogP contribution is 2.25. The van der Waals surface area contributed by atoms with Crippen LogP contribution in [0.4, 0.5) is 0 Å². The third-order valence-corrected chi connectivity index (χ3v) is 7.35. The highest BCUT2D eigenvalue weighted by atomic mass is 35.5. The number of pyridine rings is 1. The number of rotatable bonds is 6. The number of hydrogen-bond acceptors (Lipinski definition) is 7. The van der Waals surface area contributed by atoms with Crippen molar-refractivity contribution in [2.24, 2.45) is 0 Å². The van der Waals surface area contributed by atoms with Crippen molar-refractivity contribution in [1.82, 2.24) is 19.4 Å². The minimum atomic E-state index is -3.44. The molecule has 4 rings (SSSR count). The Kier molecular flexibility index (Phi) is 5.68. The lowest BCUT2D eigenvalue weighted by Crippen LogP contribution is -2.27. The Labute approximate surface area is 172 Å². The molecule has 146 valence electrons. The number of benzene rings is 1. The molecular formula is C18H17ClN4O3S2. The van der Waals surface area contributed by atoms with Gasteiger partial charge in [-0.2, -0.15) is 9.29 Å². The van der Waals surface area contributed by atoms with E-state index in [0.717, 1.165) is 18.4 Å². The number of halogens is 1. The highest BCUT2D eigenvalue weighted by Gasteiger charge is 2.27. The molecule has 0 aliphatic carbocycles. The van der Waals surface area contributed by atoms with E-state index in [-0.39, 0.29) is 4.90 Å². The fourth-order valence-corrected chi connectivity index (χ4v) is 5.21. The van der Waals surface area contributed by atoms with Crippen LogP contribution in [0.15, 0.2) is 57.0 Å². The maximum absolute atomic E-state index is 12.5. The molecule has 1 aliphatic heterocycles. The Balaban J connectivity index is 1.40. The van der Waals surface area contributed by atoms with Gasteiger partial charge in [-0.25, -0.2) is 13.4 Å². The highest BCUT2D eigenvalue weighted by molar-refractivity contribution is 7.98. The van der Waals surface area contributed by atoms with Crippen LogP contribution < -0.4 is 0 Å². The number of hydrogen-bond donors (Lipinski definition) is 0. The van der Waals surface area contributed by atoms with Gasteiger partial charge in [-0.3, -0.25) is 0 Å². The van der Waals surface area contributed by atoms with E-state index in [9.17, 15) is 8.42 Å². The summed E-state index contributed by atoms with van der Waals surface area (Å²) >= 11 is 7.38. The molecule has 3 aromatic rings. The first-order chi connectivity index (χ1) is 13.5. The number of sulfonamides is 1. The Bertz CT molecular complexity index is 1060. The van der Waals surface area contributed by atoms with Crippen LogP contribution in [0.1, 0.15) is 18.7 Å². The molecular weight excluding hydrogens is 420 g/mol. The smallest absolute Gasteiger partial charge is 0.244 e. The van der Waals surface area contributed by atoms with Crippen molar-refractivity contribution in [2.45, 2.75) is 28.5 Å². The average molecular weight is 437 g/mol. The maximum atomic E-state index is 12.5. The summed E-state index contributed by atoms with van der Waals surface area (Å²) in [6, 6.07) is 10.5. The van der Waals surface area contributed by atoms with E-state index in [1.54, 1.807) is 24.3 Å². The lowest BCUT2D eigenvalue weighted by Gasteiger charge is -2.15. The van der Waals surface area contributed by atoms with Crippen LogP contribution in [0.3, 0.4) is 0 Å². The molecule has 0 N–H and O–H groups in total. The van der Waals surface area contributed by atoms with Crippen molar-refractivity contribution >= 4 is 33.4 Å². The summed E-state index contributed by atoms with van der Waals surface area (Å²) in [7, 11) is -3.44. The topological polar surface area (TPSA) is 89.2 Å². The van der Waals surface area contributed by atoms with Crippen molar-refractivity contribution in [2.75, 3.05) is 13.1 Å². The van der Waals surface area contributed by atoms with Gasteiger partial charge in [0.05, 0.1) is 10.8 Å². The largest absolute Gasteiger partial charge is 0.338 e. The van der Waals surface area contributed by atoms with E-state index in [2.05, 4.69) is 15.1 Å². The summed E-state index contributed by atoms with van der Waals surface area (Å²) < 4.78 is 31.8. The third-order valence-electron chi connectivity index (χ3n) is 4.31. The van der Waals surface area contributed by atoms with Crippen LogP contribution >= 0.6 is 23.4 Å².